The van der Waals surface area contributed by atoms with Crippen LogP contribution in [0.15, 0.2) is 237 Å². The molecule has 0 N–H and O–H groups in total. The van der Waals surface area contributed by atoms with Crippen LogP contribution in [0.5, 0.6) is 0 Å². The average molecular weight is 767 g/mol. The van der Waals surface area contributed by atoms with E-state index >= 15 is 0 Å². The van der Waals surface area contributed by atoms with Crippen molar-refractivity contribution in [1.82, 2.24) is 4.57 Å². The van der Waals surface area contributed by atoms with Gasteiger partial charge in [0.25, 0.3) is 0 Å². The number of para-hydroxylation sites is 2. The summed E-state index contributed by atoms with van der Waals surface area (Å²) < 4.78 is 2.45. The summed E-state index contributed by atoms with van der Waals surface area (Å²) in [6.07, 6.45) is 7.80. The van der Waals surface area contributed by atoms with Crippen LogP contribution in [0.4, 0.5) is 17.1 Å². The Morgan fingerprint density at radius 3 is 1.98 bits per heavy atom. The molecule has 1 aliphatic carbocycles. The fraction of sp³-hybridized carbons (Fsp3) is 0.0345. The zero-order valence-corrected chi connectivity index (χ0v) is 33.2. The lowest BCUT2D eigenvalue weighted by molar-refractivity contribution is 0.867. The Labute approximate surface area is 351 Å². The van der Waals surface area contributed by atoms with Crippen LogP contribution in [-0.2, 0) is 0 Å². The van der Waals surface area contributed by atoms with E-state index in [1.165, 1.54) is 71.5 Å². The number of aromatic nitrogens is 1. The van der Waals surface area contributed by atoms with Crippen LogP contribution in [0.2, 0.25) is 0 Å². The minimum Gasteiger partial charge on any atom is -0.310 e. The molecule has 0 spiro atoms. The predicted octanol–water partition coefficient (Wildman–Crippen LogP) is 15.9. The quantitative estimate of drug-likeness (QED) is 0.150. The molecule has 10 aromatic rings. The summed E-state index contributed by atoms with van der Waals surface area (Å²) in [5, 5.41) is 4.98. The zero-order valence-electron chi connectivity index (χ0n) is 33.2. The van der Waals surface area contributed by atoms with Gasteiger partial charge >= 0.3 is 0 Å². The molecule has 0 fully saturated rings. The van der Waals surface area contributed by atoms with Gasteiger partial charge in [0.2, 0.25) is 0 Å². The van der Waals surface area contributed by atoms with Gasteiger partial charge in [-0.05, 0) is 93.7 Å². The van der Waals surface area contributed by atoms with Crippen molar-refractivity contribution in [1.29, 1.82) is 0 Å². The van der Waals surface area contributed by atoms with Crippen LogP contribution in [0.3, 0.4) is 0 Å². The summed E-state index contributed by atoms with van der Waals surface area (Å²) >= 11 is 0. The fourth-order valence-electron chi connectivity index (χ4n) is 9.33. The number of rotatable bonds is 8. The topological polar surface area (TPSA) is 8.17 Å². The van der Waals surface area contributed by atoms with Crippen molar-refractivity contribution >= 4 is 55.2 Å². The zero-order chi connectivity index (χ0) is 39.8. The molecule has 0 saturated carbocycles. The molecule has 0 aliphatic heterocycles. The smallest absolute Gasteiger partial charge is 0.0619 e. The minimum atomic E-state index is 0.368. The molecular weight excluding hydrogens is 725 g/mol. The van der Waals surface area contributed by atoms with Crippen LogP contribution in [0.1, 0.15) is 23.5 Å². The minimum absolute atomic E-state index is 0.368. The van der Waals surface area contributed by atoms with Crippen molar-refractivity contribution in [2.75, 3.05) is 4.90 Å². The standard InChI is InChI=1S/C58H42N2/c1-4-17-41(18-5-1)45-22-14-23-46(39-45)42-33-36-49(37-34-42)59(55-31-13-12-28-51(55)43-19-6-2-7-20-43)50-27-15-24-47(40-50)52-30-16-32-56-57(52)54-38-35-44-21-10-11-29-53(44)58(54)60(56)48-25-8-3-9-26-48/h1-38,40,45H,39H2. The molecule has 11 rings (SSSR count). The first-order chi connectivity index (χ1) is 29.8. The molecule has 1 aliphatic rings. The van der Waals surface area contributed by atoms with E-state index in [4.69, 9.17) is 0 Å². The number of hydrogen-bond donors (Lipinski definition) is 0. The maximum Gasteiger partial charge on any atom is 0.0619 e. The molecule has 1 unspecified atom stereocenters. The Kier molecular flexibility index (Phi) is 9.02. The largest absolute Gasteiger partial charge is 0.310 e. The van der Waals surface area contributed by atoms with Gasteiger partial charge in [0.15, 0.2) is 0 Å². The summed E-state index contributed by atoms with van der Waals surface area (Å²) in [4.78, 5) is 2.43. The van der Waals surface area contributed by atoms with Gasteiger partial charge in [-0.25, -0.2) is 0 Å². The van der Waals surface area contributed by atoms with Crippen LogP contribution in [-0.4, -0.2) is 4.57 Å². The molecule has 60 heavy (non-hydrogen) atoms. The highest BCUT2D eigenvalue weighted by Crippen LogP contribution is 2.45. The van der Waals surface area contributed by atoms with E-state index in [-0.39, 0.29) is 0 Å². The van der Waals surface area contributed by atoms with E-state index in [2.05, 4.69) is 246 Å². The fourth-order valence-corrected chi connectivity index (χ4v) is 9.33. The van der Waals surface area contributed by atoms with Crippen molar-refractivity contribution in [3.05, 3.63) is 248 Å². The van der Waals surface area contributed by atoms with E-state index in [0.29, 0.717) is 5.92 Å². The molecule has 2 nitrogen and oxygen atoms in total. The van der Waals surface area contributed by atoms with Crippen LogP contribution >= 0.6 is 0 Å². The van der Waals surface area contributed by atoms with Gasteiger partial charge in [-0.2, -0.15) is 0 Å². The number of anilines is 3. The Morgan fingerprint density at radius 2 is 1.15 bits per heavy atom. The van der Waals surface area contributed by atoms with Crippen LogP contribution in [0.25, 0.3) is 66.1 Å². The van der Waals surface area contributed by atoms with Crippen molar-refractivity contribution in [3.8, 4) is 27.9 Å². The van der Waals surface area contributed by atoms with Gasteiger partial charge < -0.3 is 9.47 Å². The Balaban J connectivity index is 1.07. The van der Waals surface area contributed by atoms with E-state index in [9.17, 15) is 0 Å². The SMILES string of the molecule is C1=CC(c2ccccc2)CC(c2ccc(N(c3cccc(-c4cccc5c4c4ccc6ccccc6c4n5-c4ccccc4)c3)c3ccccc3-c3ccccc3)cc2)=C1. The first kappa shape index (κ1) is 35.5. The Bertz CT molecular complexity index is 3210. The number of allylic oxidation sites excluding steroid dienone is 4. The van der Waals surface area contributed by atoms with Crippen molar-refractivity contribution in [2.24, 2.45) is 0 Å². The van der Waals surface area contributed by atoms with Crippen molar-refractivity contribution in [2.45, 2.75) is 12.3 Å². The average Bonchev–Trinajstić information content (AvgIpc) is 3.68. The van der Waals surface area contributed by atoms with E-state index < -0.39 is 0 Å². The highest BCUT2D eigenvalue weighted by molar-refractivity contribution is 6.22. The highest BCUT2D eigenvalue weighted by Gasteiger charge is 2.22. The second-order valence-electron chi connectivity index (χ2n) is 15.7. The first-order valence-electron chi connectivity index (χ1n) is 20.9. The number of hydrogen-bond acceptors (Lipinski definition) is 1. The maximum atomic E-state index is 2.45. The lowest BCUT2D eigenvalue weighted by atomic mass is 9.85. The molecule has 1 atom stereocenters. The molecular formula is C58H42N2. The van der Waals surface area contributed by atoms with Gasteiger partial charge in [-0.1, -0.05) is 188 Å². The van der Waals surface area contributed by atoms with E-state index in [1.54, 1.807) is 0 Å². The number of fused-ring (bicyclic) bond motifs is 5. The number of benzene rings is 9. The van der Waals surface area contributed by atoms with Gasteiger partial charge in [0, 0.05) is 44.7 Å². The normalized spacial score (nSPS) is 13.8. The third kappa shape index (κ3) is 6.31. The van der Waals surface area contributed by atoms with Gasteiger partial charge in [-0.3, -0.25) is 0 Å². The predicted molar refractivity (Wildman–Crippen MR) is 255 cm³/mol. The summed E-state index contributed by atoms with van der Waals surface area (Å²) in [5.74, 6) is 0.368. The van der Waals surface area contributed by atoms with Crippen molar-refractivity contribution < 1.29 is 0 Å². The molecule has 0 amide bonds. The molecule has 0 radical (unpaired) electrons. The molecule has 1 heterocycles. The lowest BCUT2D eigenvalue weighted by Gasteiger charge is -2.29. The Hall–Kier alpha value is -7.68. The Morgan fingerprint density at radius 1 is 0.467 bits per heavy atom. The van der Waals surface area contributed by atoms with E-state index in [1.807, 2.05) is 0 Å². The molecule has 1 aromatic heterocycles. The summed E-state index contributed by atoms with van der Waals surface area (Å²) in [6, 6.07) is 79.5. The number of nitrogens with zero attached hydrogens (tertiary/aromatic N) is 2. The molecule has 284 valence electrons. The highest BCUT2D eigenvalue weighted by atomic mass is 15.1. The van der Waals surface area contributed by atoms with E-state index in [0.717, 1.165) is 29.2 Å². The molecule has 2 heteroatoms. The summed E-state index contributed by atoms with van der Waals surface area (Å²) in [7, 11) is 0. The molecule has 9 aromatic carbocycles. The third-order valence-electron chi connectivity index (χ3n) is 12.1. The molecule has 0 bridgehead atoms. The van der Waals surface area contributed by atoms with Crippen LogP contribution < -0.4 is 4.90 Å². The third-order valence-corrected chi connectivity index (χ3v) is 12.1. The maximum absolute atomic E-state index is 2.45. The summed E-state index contributed by atoms with van der Waals surface area (Å²) in [6.45, 7) is 0. The first-order valence-corrected chi connectivity index (χ1v) is 20.9. The summed E-state index contributed by atoms with van der Waals surface area (Å²) in [5.41, 5.74) is 15.6. The lowest BCUT2D eigenvalue weighted by Crippen LogP contribution is -2.11. The van der Waals surface area contributed by atoms with Gasteiger partial charge in [0.05, 0.1) is 16.7 Å². The molecule has 0 saturated heterocycles. The second kappa shape index (κ2) is 15.2. The van der Waals surface area contributed by atoms with Gasteiger partial charge in [-0.15, -0.1) is 0 Å². The van der Waals surface area contributed by atoms with Gasteiger partial charge in [0.1, 0.15) is 0 Å². The van der Waals surface area contributed by atoms with Crippen molar-refractivity contribution in [3.63, 3.8) is 0 Å². The van der Waals surface area contributed by atoms with Crippen LogP contribution in [0, 0.1) is 0 Å². The monoisotopic (exact) mass is 766 g/mol. The second-order valence-corrected chi connectivity index (χ2v) is 15.7.